The van der Waals surface area contributed by atoms with Crippen molar-refractivity contribution in [3.05, 3.63) is 58.9 Å². The lowest BCUT2D eigenvalue weighted by Crippen LogP contribution is -2.43. The Morgan fingerprint density at radius 2 is 1.85 bits per heavy atom. The second-order valence-electron chi connectivity index (χ2n) is 7.24. The summed E-state index contributed by atoms with van der Waals surface area (Å²) in [6.07, 6.45) is 7.25. The minimum Gasteiger partial charge on any atom is -0.336 e. The number of aryl methyl sites for hydroxylation is 2. The van der Waals surface area contributed by atoms with Gasteiger partial charge < -0.3 is 10.2 Å². The molecule has 0 spiro atoms. The number of para-hydroxylation sites is 1. The molecule has 27 heavy (non-hydrogen) atoms. The standard InChI is InChI=1S/C22H27N3O2/c1-4-19-10-5-6-11-25(19)22(27)18-12-17(13-23-14-18)21(26)24-20-15(2)8-7-9-16(20)3/h7-9,12-14,19H,4-6,10-11H2,1-3H3,(H,24,26). The summed E-state index contributed by atoms with van der Waals surface area (Å²) in [5.74, 6) is -0.281. The fourth-order valence-electron chi connectivity index (χ4n) is 3.74. The fourth-order valence-corrected chi connectivity index (χ4v) is 3.74. The van der Waals surface area contributed by atoms with Crippen LogP contribution in [0.3, 0.4) is 0 Å². The summed E-state index contributed by atoms with van der Waals surface area (Å²) in [6, 6.07) is 7.81. The van der Waals surface area contributed by atoms with E-state index in [-0.39, 0.29) is 17.9 Å². The van der Waals surface area contributed by atoms with Gasteiger partial charge in [0.15, 0.2) is 0 Å². The largest absolute Gasteiger partial charge is 0.336 e. The molecule has 1 atom stereocenters. The first-order chi connectivity index (χ1) is 13.0. The number of hydrogen-bond acceptors (Lipinski definition) is 3. The molecule has 2 amide bonds. The van der Waals surface area contributed by atoms with E-state index < -0.39 is 0 Å². The van der Waals surface area contributed by atoms with E-state index in [0.29, 0.717) is 11.1 Å². The number of rotatable bonds is 4. The summed E-state index contributed by atoms with van der Waals surface area (Å²) in [5.41, 5.74) is 3.68. The molecule has 1 aliphatic heterocycles. The van der Waals surface area contributed by atoms with Crippen molar-refractivity contribution in [3.8, 4) is 0 Å². The summed E-state index contributed by atoms with van der Waals surface area (Å²) in [7, 11) is 0. The molecule has 1 N–H and O–H groups in total. The molecule has 1 aliphatic rings. The van der Waals surface area contributed by atoms with E-state index in [2.05, 4.69) is 17.2 Å². The molecule has 2 aromatic rings. The van der Waals surface area contributed by atoms with Gasteiger partial charge in [-0.2, -0.15) is 0 Å². The number of nitrogens with one attached hydrogen (secondary N) is 1. The number of hydrogen-bond donors (Lipinski definition) is 1. The van der Waals surface area contributed by atoms with Crippen LogP contribution in [-0.4, -0.2) is 34.3 Å². The number of piperidine rings is 1. The molecule has 0 bridgehead atoms. The summed E-state index contributed by atoms with van der Waals surface area (Å²) < 4.78 is 0. The van der Waals surface area contributed by atoms with Crippen molar-refractivity contribution in [1.29, 1.82) is 0 Å². The third-order valence-corrected chi connectivity index (χ3v) is 5.33. The monoisotopic (exact) mass is 365 g/mol. The Bertz CT molecular complexity index is 827. The first kappa shape index (κ1) is 19.1. The average Bonchev–Trinajstić information content (AvgIpc) is 2.70. The number of carbonyl (C=O) groups excluding carboxylic acids is 2. The smallest absolute Gasteiger partial charge is 0.257 e. The first-order valence-corrected chi connectivity index (χ1v) is 9.65. The molecule has 1 aromatic carbocycles. The van der Waals surface area contributed by atoms with Gasteiger partial charge in [0, 0.05) is 30.7 Å². The van der Waals surface area contributed by atoms with Gasteiger partial charge in [0.2, 0.25) is 0 Å². The molecule has 5 heteroatoms. The van der Waals surface area contributed by atoms with Crippen LogP contribution >= 0.6 is 0 Å². The Morgan fingerprint density at radius 3 is 2.56 bits per heavy atom. The number of nitrogens with zero attached hydrogens (tertiary/aromatic N) is 2. The number of anilines is 1. The van der Waals surface area contributed by atoms with E-state index in [1.807, 2.05) is 36.9 Å². The highest BCUT2D eigenvalue weighted by molar-refractivity contribution is 6.06. The van der Waals surface area contributed by atoms with E-state index in [4.69, 9.17) is 0 Å². The second kappa shape index (κ2) is 8.33. The Hall–Kier alpha value is -2.69. The number of carbonyl (C=O) groups is 2. The molecular formula is C22H27N3O2. The van der Waals surface area contributed by atoms with Gasteiger partial charge >= 0.3 is 0 Å². The number of aromatic nitrogens is 1. The lowest BCUT2D eigenvalue weighted by atomic mass is 9.99. The van der Waals surface area contributed by atoms with Gasteiger partial charge in [0.1, 0.15) is 0 Å². The summed E-state index contributed by atoms with van der Waals surface area (Å²) >= 11 is 0. The van der Waals surface area contributed by atoms with Gasteiger partial charge in [-0.05, 0) is 56.7 Å². The zero-order chi connectivity index (χ0) is 19.4. The van der Waals surface area contributed by atoms with E-state index in [1.165, 1.54) is 12.6 Å². The van der Waals surface area contributed by atoms with Crippen LogP contribution < -0.4 is 5.32 Å². The quantitative estimate of drug-likeness (QED) is 0.876. The molecule has 0 saturated carbocycles. The predicted octanol–water partition coefficient (Wildman–Crippen LogP) is 4.36. The van der Waals surface area contributed by atoms with Gasteiger partial charge in [-0.1, -0.05) is 25.1 Å². The van der Waals surface area contributed by atoms with E-state index in [1.54, 1.807) is 12.3 Å². The van der Waals surface area contributed by atoms with E-state index in [0.717, 1.165) is 42.6 Å². The van der Waals surface area contributed by atoms with Gasteiger partial charge in [-0.15, -0.1) is 0 Å². The normalized spacial score (nSPS) is 16.9. The molecule has 3 rings (SSSR count). The van der Waals surface area contributed by atoms with Crippen LogP contribution in [0.1, 0.15) is 64.4 Å². The van der Waals surface area contributed by atoms with Crippen LogP contribution in [0.2, 0.25) is 0 Å². The molecule has 142 valence electrons. The van der Waals surface area contributed by atoms with E-state index in [9.17, 15) is 9.59 Å². The van der Waals surface area contributed by atoms with Crippen LogP contribution in [0.4, 0.5) is 5.69 Å². The lowest BCUT2D eigenvalue weighted by molar-refractivity contribution is 0.0607. The maximum absolute atomic E-state index is 13.0. The van der Waals surface area contributed by atoms with Crippen molar-refractivity contribution in [2.45, 2.75) is 52.5 Å². The molecule has 1 fully saturated rings. The second-order valence-corrected chi connectivity index (χ2v) is 7.24. The van der Waals surface area contributed by atoms with Crippen molar-refractivity contribution in [3.63, 3.8) is 0 Å². The van der Waals surface area contributed by atoms with Crippen LogP contribution in [0.25, 0.3) is 0 Å². The fraction of sp³-hybridized carbons (Fsp3) is 0.409. The van der Waals surface area contributed by atoms with Gasteiger partial charge in [0.25, 0.3) is 11.8 Å². The Morgan fingerprint density at radius 1 is 1.15 bits per heavy atom. The van der Waals surface area contributed by atoms with Gasteiger partial charge in [-0.3, -0.25) is 14.6 Å². The van der Waals surface area contributed by atoms with Crippen LogP contribution in [0.15, 0.2) is 36.7 Å². The molecular weight excluding hydrogens is 338 g/mol. The summed E-state index contributed by atoms with van der Waals surface area (Å²) in [4.78, 5) is 31.8. The molecule has 5 nitrogen and oxygen atoms in total. The Kier molecular flexibility index (Phi) is 5.89. The van der Waals surface area contributed by atoms with Gasteiger partial charge in [-0.25, -0.2) is 0 Å². The number of amides is 2. The predicted molar refractivity (Wildman–Crippen MR) is 107 cm³/mol. The SMILES string of the molecule is CCC1CCCCN1C(=O)c1cncc(C(=O)Nc2c(C)cccc2C)c1. The Labute approximate surface area is 160 Å². The first-order valence-electron chi connectivity index (χ1n) is 9.65. The lowest BCUT2D eigenvalue weighted by Gasteiger charge is -2.35. The number of benzene rings is 1. The minimum atomic E-state index is -0.250. The summed E-state index contributed by atoms with van der Waals surface area (Å²) in [5, 5.41) is 2.96. The van der Waals surface area contributed by atoms with Gasteiger partial charge in [0.05, 0.1) is 11.1 Å². The molecule has 1 aromatic heterocycles. The van der Waals surface area contributed by atoms with Crippen molar-refractivity contribution >= 4 is 17.5 Å². The average molecular weight is 365 g/mol. The zero-order valence-corrected chi connectivity index (χ0v) is 16.3. The third kappa shape index (κ3) is 4.18. The Balaban J connectivity index is 1.80. The summed E-state index contributed by atoms with van der Waals surface area (Å²) in [6.45, 7) is 6.81. The molecule has 1 unspecified atom stereocenters. The van der Waals surface area contributed by atoms with E-state index >= 15 is 0 Å². The molecule has 1 saturated heterocycles. The number of likely N-dealkylation sites (tertiary alicyclic amines) is 1. The molecule has 0 radical (unpaired) electrons. The maximum atomic E-state index is 13.0. The highest BCUT2D eigenvalue weighted by atomic mass is 16.2. The van der Waals surface area contributed by atoms with Crippen molar-refractivity contribution < 1.29 is 9.59 Å². The van der Waals surface area contributed by atoms with Crippen molar-refractivity contribution in [2.24, 2.45) is 0 Å². The minimum absolute atomic E-state index is 0.0317. The third-order valence-electron chi connectivity index (χ3n) is 5.33. The number of pyridine rings is 1. The van der Waals surface area contributed by atoms with Crippen LogP contribution in [0.5, 0.6) is 0 Å². The maximum Gasteiger partial charge on any atom is 0.257 e. The van der Waals surface area contributed by atoms with Crippen LogP contribution in [-0.2, 0) is 0 Å². The van der Waals surface area contributed by atoms with Crippen molar-refractivity contribution in [1.82, 2.24) is 9.88 Å². The highest BCUT2D eigenvalue weighted by Crippen LogP contribution is 2.23. The molecule has 0 aliphatic carbocycles. The highest BCUT2D eigenvalue weighted by Gasteiger charge is 2.26. The topological polar surface area (TPSA) is 62.3 Å². The molecule has 2 heterocycles. The van der Waals surface area contributed by atoms with Crippen molar-refractivity contribution in [2.75, 3.05) is 11.9 Å². The zero-order valence-electron chi connectivity index (χ0n) is 16.3. The van der Waals surface area contributed by atoms with Crippen LogP contribution in [0, 0.1) is 13.8 Å².